The van der Waals surface area contributed by atoms with Crippen LogP contribution in [0, 0.1) is 5.82 Å². The van der Waals surface area contributed by atoms with Crippen molar-refractivity contribution < 1.29 is 4.39 Å². The minimum absolute atomic E-state index is 0.115. The molecule has 0 N–H and O–H groups in total. The second-order valence-corrected chi connectivity index (χ2v) is 17.8. The first-order valence-electron chi connectivity index (χ1n) is 6.62. The maximum absolute atomic E-state index is 13.4. The molecular weight excluding hydrogens is 255 g/mol. The number of halogens is 1. The van der Waals surface area contributed by atoms with Crippen molar-refractivity contribution in [2.75, 3.05) is 0 Å². The van der Waals surface area contributed by atoms with Gasteiger partial charge in [0, 0.05) is 0 Å². The molecule has 0 saturated heterocycles. The maximum atomic E-state index is 13.4. The Morgan fingerprint density at radius 3 is 2.11 bits per heavy atom. The molecular formula is C15H23FSi2. The molecule has 0 spiro atoms. The van der Waals surface area contributed by atoms with Gasteiger partial charge in [-0.25, -0.2) is 4.39 Å². The van der Waals surface area contributed by atoms with Crippen LogP contribution in [0.5, 0.6) is 0 Å². The zero-order valence-electron chi connectivity index (χ0n) is 12.3. The Labute approximate surface area is 112 Å². The summed E-state index contributed by atoms with van der Waals surface area (Å²) in [5, 5.41) is 1.61. The first-order valence-corrected chi connectivity index (χ1v) is 13.7. The van der Waals surface area contributed by atoms with Gasteiger partial charge in [0.2, 0.25) is 0 Å². The molecule has 3 heteroatoms. The van der Waals surface area contributed by atoms with Gasteiger partial charge >= 0.3 is 0 Å². The smallest absolute Gasteiger partial charge is 0.123 e. The summed E-state index contributed by atoms with van der Waals surface area (Å²) in [6.45, 7) is 14.5. The fourth-order valence-electron chi connectivity index (χ4n) is 2.93. The highest BCUT2D eigenvalue weighted by Gasteiger charge is 2.40. The molecule has 0 saturated carbocycles. The fourth-order valence-corrected chi connectivity index (χ4v) is 9.35. The molecule has 0 fully saturated rings. The van der Waals surface area contributed by atoms with Gasteiger partial charge < -0.3 is 0 Å². The summed E-state index contributed by atoms with van der Waals surface area (Å²) in [6, 6.07) is 5.33. The second kappa shape index (κ2) is 4.17. The van der Waals surface area contributed by atoms with E-state index in [-0.39, 0.29) is 5.82 Å². The lowest BCUT2D eigenvalue weighted by atomic mass is 10.1. The summed E-state index contributed by atoms with van der Waals surface area (Å²) in [5.41, 5.74) is 3.08. The monoisotopic (exact) mass is 278 g/mol. The molecule has 0 heterocycles. The van der Waals surface area contributed by atoms with Crippen molar-refractivity contribution in [3.05, 3.63) is 40.3 Å². The molecule has 1 aliphatic rings. The van der Waals surface area contributed by atoms with Crippen molar-refractivity contribution in [3.63, 3.8) is 0 Å². The topological polar surface area (TPSA) is 0 Å². The minimum atomic E-state index is -1.34. The molecule has 0 amide bonds. The molecule has 0 aliphatic heterocycles. The van der Waals surface area contributed by atoms with Crippen molar-refractivity contribution in [2.45, 2.75) is 44.8 Å². The largest absolute Gasteiger partial charge is 0.207 e. The van der Waals surface area contributed by atoms with Crippen molar-refractivity contribution >= 4 is 22.2 Å². The van der Waals surface area contributed by atoms with E-state index in [4.69, 9.17) is 0 Å². The van der Waals surface area contributed by atoms with Crippen molar-refractivity contribution in [2.24, 2.45) is 0 Å². The maximum Gasteiger partial charge on any atom is 0.123 e. The second-order valence-electron chi connectivity index (χ2n) is 7.42. The highest BCUT2D eigenvalue weighted by atomic mass is 28.3. The van der Waals surface area contributed by atoms with E-state index < -0.39 is 16.1 Å². The van der Waals surface area contributed by atoms with Crippen LogP contribution in [0.1, 0.15) is 16.7 Å². The number of allylic oxidation sites excluding steroid dienone is 1. The average molecular weight is 279 g/mol. The van der Waals surface area contributed by atoms with Gasteiger partial charge in [-0.3, -0.25) is 0 Å². The molecule has 98 valence electrons. The van der Waals surface area contributed by atoms with Crippen LogP contribution in [-0.2, 0) is 0 Å². The minimum Gasteiger partial charge on any atom is -0.207 e. The molecule has 1 aromatic carbocycles. The first-order chi connectivity index (χ1) is 8.10. The normalized spacial score (nSPS) is 19.7. The lowest BCUT2D eigenvalue weighted by molar-refractivity contribution is 0.627. The Bertz CT molecular complexity index is 504. The Morgan fingerprint density at radius 1 is 1.00 bits per heavy atom. The van der Waals surface area contributed by atoms with E-state index in [9.17, 15) is 4.39 Å². The Kier molecular flexibility index (Phi) is 3.18. The third-order valence-corrected chi connectivity index (χ3v) is 8.52. The van der Waals surface area contributed by atoms with Crippen LogP contribution in [-0.4, -0.2) is 16.1 Å². The summed E-state index contributed by atoms with van der Waals surface area (Å²) in [5.74, 6) is -0.115. The summed E-state index contributed by atoms with van der Waals surface area (Å²) in [6.07, 6.45) is 2.29. The molecule has 0 bridgehead atoms. The van der Waals surface area contributed by atoms with Crippen LogP contribution in [0.25, 0.3) is 6.08 Å². The van der Waals surface area contributed by atoms with Gasteiger partial charge in [0.05, 0.1) is 16.1 Å². The number of benzene rings is 1. The fraction of sp³-hybridized carbons (Fsp3) is 0.467. The van der Waals surface area contributed by atoms with Crippen LogP contribution in [0.3, 0.4) is 0 Å². The van der Waals surface area contributed by atoms with Gasteiger partial charge in [-0.2, -0.15) is 0 Å². The third-order valence-electron chi connectivity index (χ3n) is 3.71. The van der Waals surface area contributed by atoms with E-state index in [2.05, 4.69) is 45.4 Å². The van der Waals surface area contributed by atoms with Crippen molar-refractivity contribution in [1.29, 1.82) is 0 Å². The van der Waals surface area contributed by atoms with Gasteiger partial charge in [-0.1, -0.05) is 56.6 Å². The molecule has 0 aromatic heterocycles. The average Bonchev–Trinajstić information content (AvgIpc) is 2.54. The quantitative estimate of drug-likeness (QED) is 0.663. The van der Waals surface area contributed by atoms with Crippen LogP contribution in [0.15, 0.2) is 23.4 Å². The zero-order chi connectivity index (χ0) is 13.7. The highest BCUT2D eigenvalue weighted by Crippen LogP contribution is 2.45. The molecule has 2 rings (SSSR count). The van der Waals surface area contributed by atoms with Crippen LogP contribution in [0.2, 0.25) is 39.3 Å². The Morgan fingerprint density at radius 2 is 1.61 bits per heavy atom. The van der Waals surface area contributed by atoms with E-state index >= 15 is 0 Å². The summed E-state index contributed by atoms with van der Waals surface area (Å²) >= 11 is 0. The van der Waals surface area contributed by atoms with E-state index in [1.54, 1.807) is 17.3 Å². The highest BCUT2D eigenvalue weighted by molar-refractivity contribution is 6.88. The summed E-state index contributed by atoms with van der Waals surface area (Å²) in [7, 11) is -2.66. The van der Waals surface area contributed by atoms with Gasteiger partial charge in [-0.15, -0.1) is 0 Å². The van der Waals surface area contributed by atoms with Crippen LogP contribution in [0.4, 0.5) is 4.39 Å². The van der Waals surface area contributed by atoms with Crippen molar-refractivity contribution in [3.8, 4) is 0 Å². The van der Waals surface area contributed by atoms with E-state index in [1.807, 2.05) is 6.07 Å². The lowest BCUT2D eigenvalue weighted by Gasteiger charge is -2.34. The molecule has 1 aliphatic carbocycles. The molecule has 1 atom stereocenters. The van der Waals surface area contributed by atoms with E-state index in [1.165, 1.54) is 5.56 Å². The number of hydrogen-bond acceptors (Lipinski definition) is 0. The Balaban J connectivity index is 2.60. The van der Waals surface area contributed by atoms with E-state index in [0.717, 1.165) is 5.56 Å². The summed E-state index contributed by atoms with van der Waals surface area (Å²) < 4.78 is 13.4. The van der Waals surface area contributed by atoms with Gasteiger partial charge in [0.15, 0.2) is 0 Å². The Hall–Kier alpha value is -0.676. The zero-order valence-corrected chi connectivity index (χ0v) is 14.3. The SMILES string of the molecule is C[Si](C)(C)C1=Cc2cc(F)ccc2C1[Si](C)(C)C. The molecule has 1 aromatic rings. The van der Waals surface area contributed by atoms with E-state index in [0.29, 0.717) is 5.54 Å². The molecule has 18 heavy (non-hydrogen) atoms. The van der Waals surface area contributed by atoms with Crippen molar-refractivity contribution in [1.82, 2.24) is 0 Å². The number of fused-ring (bicyclic) bond motifs is 1. The molecule has 1 unspecified atom stereocenters. The predicted molar refractivity (Wildman–Crippen MR) is 83.8 cm³/mol. The number of rotatable bonds is 2. The lowest BCUT2D eigenvalue weighted by Crippen LogP contribution is -2.38. The van der Waals surface area contributed by atoms with Gasteiger partial charge in [-0.05, 0) is 28.8 Å². The van der Waals surface area contributed by atoms with Gasteiger partial charge in [0.1, 0.15) is 5.82 Å². The first kappa shape index (κ1) is 13.7. The van der Waals surface area contributed by atoms with Gasteiger partial charge in [0.25, 0.3) is 0 Å². The van der Waals surface area contributed by atoms with Crippen LogP contribution >= 0.6 is 0 Å². The van der Waals surface area contributed by atoms with Crippen LogP contribution < -0.4 is 0 Å². The number of hydrogen-bond donors (Lipinski definition) is 0. The summed E-state index contributed by atoms with van der Waals surface area (Å²) in [4.78, 5) is 0. The molecule has 0 radical (unpaired) electrons. The third kappa shape index (κ3) is 2.38. The standard InChI is InChI=1S/C15H23FSi2/c1-17(2,3)14-10-11-9-12(16)7-8-13(11)15(14)18(4,5)6/h7-10,15H,1-6H3. The predicted octanol–water partition coefficient (Wildman–Crippen LogP) is 5.06. The molecule has 0 nitrogen and oxygen atoms in total.